The van der Waals surface area contributed by atoms with Crippen LogP contribution >= 0.6 is 0 Å². The Morgan fingerprint density at radius 1 is 1.18 bits per heavy atom. The fourth-order valence-electron chi connectivity index (χ4n) is 2.63. The molecule has 2 heterocycles. The van der Waals surface area contributed by atoms with E-state index in [1.807, 2.05) is 0 Å². The fourth-order valence-corrected chi connectivity index (χ4v) is 2.63. The van der Waals surface area contributed by atoms with E-state index >= 15 is 0 Å². The van der Waals surface area contributed by atoms with Crippen LogP contribution in [0.15, 0.2) is 52.3 Å². The molecule has 0 spiro atoms. The summed E-state index contributed by atoms with van der Waals surface area (Å²) in [4.78, 5) is 38.3. The third-order valence-corrected chi connectivity index (χ3v) is 4.09. The van der Waals surface area contributed by atoms with Gasteiger partial charge in [0.2, 0.25) is 0 Å². The monoisotopic (exact) mass is 381 g/mol. The normalized spacial score (nSPS) is 11.1. The predicted octanol–water partition coefficient (Wildman–Crippen LogP) is 0.858. The molecule has 10 heteroatoms. The van der Waals surface area contributed by atoms with Crippen molar-refractivity contribution in [3.8, 4) is 11.4 Å². The number of rotatable bonds is 4. The van der Waals surface area contributed by atoms with Gasteiger partial charge in [0.25, 0.3) is 11.2 Å². The zero-order valence-electron chi connectivity index (χ0n) is 15.0. The molecule has 0 bridgehead atoms. The molecule has 2 aromatic heterocycles. The van der Waals surface area contributed by atoms with Crippen molar-refractivity contribution in [2.75, 3.05) is 0 Å². The summed E-state index contributed by atoms with van der Waals surface area (Å²) in [6.07, 6.45) is 5.60. The molecule has 0 aliphatic heterocycles. The molecule has 3 rings (SSSR count). The molecule has 0 fully saturated rings. The van der Waals surface area contributed by atoms with Crippen LogP contribution in [0.2, 0.25) is 0 Å². The first kappa shape index (κ1) is 18.7. The van der Waals surface area contributed by atoms with Crippen LogP contribution in [-0.4, -0.2) is 19.0 Å². The molecule has 0 radical (unpaired) electrons. The second-order valence-electron chi connectivity index (χ2n) is 5.97. The first-order valence-corrected chi connectivity index (χ1v) is 8.07. The van der Waals surface area contributed by atoms with Crippen molar-refractivity contribution in [3.05, 3.63) is 90.1 Å². The Morgan fingerprint density at radius 2 is 1.93 bits per heavy atom. The Balaban J connectivity index is 2.05. The number of aryl methyl sites for hydroxylation is 1. The lowest BCUT2D eigenvalue weighted by molar-refractivity contribution is -0.598. The number of nitro benzene ring substituents is 1. The first-order chi connectivity index (χ1) is 13.3. The average molecular weight is 381 g/mol. The Bertz CT molecular complexity index is 1230. The van der Waals surface area contributed by atoms with Crippen LogP contribution in [0.4, 0.5) is 5.69 Å². The van der Waals surface area contributed by atoms with E-state index in [0.717, 1.165) is 4.57 Å². The average Bonchev–Trinajstić information content (AvgIpc) is 2.69. The first-order valence-electron chi connectivity index (χ1n) is 8.07. The minimum absolute atomic E-state index is 0.0146. The highest BCUT2D eigenvalue weighted by Gasteiger charge is 2.16. The molecule has 0 saturated heterocycles. The molecular weight excluding hydrogens is 366 g/mol. The van der Waals surface area contributed by atoms with Crippen LogP contribution in [0.5, 0.6) is 0 Å². The molecule has 0 aliphatic carbocycles. The topological polar surface area (TPSA) is 127 Å². The fraction of sp³-hybridized carbons (Fsp3) is 0.111. The predicted molar refractivity (Wildman–Crippen MR) is 101 cm³/mol. The van der Waals surface area contributed by atoms with Gasteiger partial charge < -0.3 is 9.77 Å². The molecule has 142 valence electrons. The Hall–Kier alpha value is -4.08. The van der Waals surface area contributed by atoms with Crippen molar-refractivity contribution in [1.82, 2.24) is 14.1 Å². The van der Waals surface area contributed by atoms with Crippen molar-refractivity contribution >= 4 is 17.8 Å². The second kappa shape index (κ2) is 7.27. The summed E-state index contributed by atoms with van der Waals surface area (Å²) in [5, 5.41) is 23.6. The quantitative estimate of drug-likeness (QED) is 0.285. The molecule has 0 amide bonds. The van der Waals surface area contributed by atoms with Gasteiger partial charge in [-0.05, 0) is 23.2 Å². The lowest BCUT2D eigenvalue weighted by atomic mass is 10.2. The van der Waals surface area contributed by atoms with E-state index in [0.29, 0.717) is 4.73 Å². The van der Waals surface area contributed by atoms with Crippen LogP contribution in [0.1, 0.15) is 11.3 Å². The van der Waals surface area contributed by atoms with Crippen molar-refractivity contribution in [1.29, 1.82) is 0 Å². The maximum absolute atomic E-state index is 12.6. The summed E-state index contributed by atoms with van der Waals surface area (Å²) in [6, 6.07) is 7.02. The molecule has 0 atom stereocenters. The Morgan fingerprint density at radius 3 is 2.64 bits per heavy atom. The number of hydrogen-bond acceptors (Lipinski definition) is 6. The Kier molecular flexibility index (Phi) is 4.86. The van der Waals surface area contributed by atoms with Gasteiger partial charge in [-0.25, -0.2) is 9.52 Å². The highest BCUT2D eigenvalue weighted by atomic mass is 16.6. The number of benzene rings is 1. The Labute approximate surface area is 158 Å². The van der Waals surface area contributed by atoms with E-state index < -0.39 is 16.2 Å². The number of non-ortho nitro benzene ring substituents is 1. The van der Waals surface area contributed by atoms with Crippen molar-refractivity contribution in [2.24, 2.45) is 14.1 Å². The lowest BCUT2D eigenvalue weighted by Crippen LogP contribution is -2.37. The minimum atomic E-state index is -0.558. The molecule has 0 N–H and O–H groups in total. The number of nitrogens with zero attached hydrogens (tertiary/aromatic N) is 5. The zero-order valence-corrected chi connectivity index (χ0v) is 15.0. The van der Waals surface area contributed by atoms with Gasteiger partial charge in [0.15, 0.2) is 0 Å². The third kappa shape index (κ3) is 3.43. The molecule has 10 nitrogen and oxygen atoms in total. The standard InChI is InChI=1S/C18H15N5O5/c1-20-11-13(17(24)21(2)18(20)25)6-7-14-8-9-19-16(22(14)26)12-4-3-5-15(10-12)23(27)28/h3-11H,1-2H3/b7-6+. The number of nitro groups is 1. The summed E-state index contributed by atoms with van der Waals surface area (Å²) in [6.45, 7) is 0. The van der Waals surface area contributed by atoms with Gasteiger partial charge in [0.1, 0.15) is 11.9 Å². The van der Waals surface area contributed by atoms with Gasteiger partial charge in [-0.15, -0.1) is 0 Å². The van der Waals surface area contributed by atoms with Gasteiger partial charge in [-0.2, -0.15) is 0 Å². The maximum atomic E-state index is 12.6. The van der Waals surface area contributed by atoms with Crippen molar-refractivity contribution in [3.63, 3.8) is 0 Å². The second-order valence-corrected chi connectivity index (χ2v) is 5.97. The molecule has 28 heavy (non-hydrogen) atoms. The molecule has 3 aromatic rings. The SMILES string of the molecule is Cn1cc(/C=C/c2ccnc(-c3cccc([N+](=O)[O-])c3)[n+]2[O-])c(=O)n(C)c1=O. The van der Waals surface area contributed by atoms with Crippen LogP contribution < -0.4 is 16.0 Å². The van der Waals surface area contributed by atoms with E-state index in [4.69, 9.17) is 0 Å². The van der Waals surface area contributed by atoms with Crippen LogP contribution in [0.25, 0.3) is 23.5 Å². The van der Waals surface area contributed by atoms with Crippen LogP contribution in [0.3, 0.4) is 0 Å². The van der Waals surface area contributed by atoms with Gasteiger partial charge in [-0.1, -0.05) is 6.07 Å². The van der Waals surface area contributed by atoms with Gasteiger partial charge in [0, 0.05) is 38.5 Å². The highest BCUT2D eigenvalue weighted by molar-refractivity contribution is 5.66. The van der Waals surface area contributed by atoms with Crippen LogP contribution in [-0.2, 0) is 14.1 Å². The number of hydrogen-bond donors (Lipinski definition) is 0. The highest BCUT2D eigenvalue weighted by Crippen LogP contribution is 2.20. The van der Waals surface area contributed by atoms with Gasteiger partial charge >= 0.3 is 11.5 Å². The van der Waals surface area contributed by atoms with E-state index in [2.05, 4.69) is 4.98 Å². The van der Waals surface area contributed by atoms with E-state index in [1.165, 1.54) is 67.5 Å². The zero-order chi connectivity index (χ0) is 20.4. The molecule has 0 saturated carbocycles. The summed E-state index contributed by atoms with van der Waals surface area (Å²) in [5.41, 5.74) is -0.431. The van der Waals surface area contributed by atoms with Gasteiger partial charge in [0.05, 0.1) is 16.1 Å². The minimum Gasteiger partial charge on any atom is -0.710 e. The molecular formula is C18H15N5O5. The molecule has 0 aliphatic rings. The molecule has 0 unspecified atom stereocenters. The summed E-state index contributed by atoms with van der Waals surface area (Å²) in [7, 11) is 2.88. The number of aromatic nitrogens is 4. The lowest BCUT2D eigenvalue weighted by Gasteiger charge is -2.09. The van der Waals surface area contributed by atoms with Gasteiger partial charge in [-0.3, -0.25) is 19.5 Å². The summed E-state index contributed by atoms with van der Waals surface area (Å²) in [5.74, 6) is -0.0146. The van der Waals surface area contributed by atoms with E-state index in [-0.39, 0.29) is 28.3 Å². The molecule has 1 aromatic carbocycles. The van der Waals surface area contributed by atoms with E-state index in [1.54, 1.807) is 6.07 Å². The van der Waals surface area contributed by atoms with Crippen LogP contribution in [0, 0.1) is 15.3 Å². The van der Waals surface area contributed by atoms with Crippen molar-refractivity contribution < 1.29 is 9.65 Å². The summed E-state index contributed by atoms with van der Waals surface area (Å²) < 4.78 is 2.74. The summed E-state index contributed by atoms with van der Waals surface area (Å²) >= 11 is 0. The third-order valence-electron chi connectivity index (χ3n) is 4.09. The largest absolute Gasteiger partial charge is 0.710 e. The van der Waals surface area contributed by atoms with E-state index in [9.17, 15) is 24.9 Å². The van der Waals surface area contributed by atoms with Crippen molar-refractivity contribution in [2.45, 2.75) is 0 Å². The smallest absolute Gasteiger partial charge is 0.333 e. The maximum Gasteiger partial charge on any atom is 0.333 e.